The van der Waals surface area contributed by atoms with Crippen LogP contribution in [-0.2, 0) is 12.3 Å². The van der Waals surface area contributed by atoms with Gasteiger partial charge in [-0.2, -0.15) is 0 Å². The van der Waals surface area contributed by atoms with Gasteiger partial charge in [-0.15, -0.1) is 0 Å². The SMILES string of the molecule is c1ccc(P(Cc2cccc3cccc(-c4cccc5cccc(CP(c6ccccc6)c6ccccc6)c45)c23)c2ccccc2)cc1. The average molecular weight is 651 g/mol. The van der Waals surface area contributed by atoms with Crippen LogP contribution in [0.5, 0.6) is 0 Å². The Bertz CT molecular complexity index is 2030. The van der Waals surface area contributed by atoms with E-state index in [1.165, 1.54) is 65.0 Å². The van der Waals surface area contributed by atoms with E-state index in [9.17, 15) is 0 Å². The van der Waals surface area contributed by atoms with Crippen LogP contribution in [0.4, 0.5) is 0 Å². The monoisotopic (exact) mass is 650 g/mol. The van der Waals surface area contributed by atoms with E-state index in [1.807, 2.05) is 0 Å². The first kappa shape index (κ1) is 30.5. The van der Waals surface area contributed by atoms with Crippen LogP contribution in [-0.4, -0.2) is 0 Å². The van der Waals surface area contributed by atoms with E-state index in [0.29, 0.717) is 0 Å². The Morgan fingerprint density at radius 2 is 0.562 bits per heavy atom. The maximum Gasteiger partial charge on any atom is 0.00138 e. The predicted molar refractivity (Wildman–Crippen MR) is 212 cm³/mol. The molecule has 0 unspecified atom stereocenters. The molecule has 0 spiro atoms. The minimum Gasteiger partial charge on any atom is -0.0622 e. The topological polar surface area (TPSA) is 0 Å². The molecule has 0 nitrogen and oxygen atoms in total. The highest BCUT2D eigenvalue weighted by Crippen LogP contribution is 2.45. The number of hydrogen-bond donors (Lipinski definition) is 0. The first-order valence-electron chi connectivity index (χ1n) is 16.6. The summed E-state index contributed by atoms with van der Waals surface area (Å²) in [6.45, 7) is 0. The molecular formula is C46H36P2. The smallest absolute Gasteiger partial charge is 0.00138 e. The molecule has 0 aromatic heterocycles. The fourth-order valence-electron chi connectivity index (χ4n) is 6.99. The zero-order chi connectivity index (χ0) is 32.1. The van der Waals surface area contributed by atoms with E-state index in [0.717, 1.165) is 12.3 Å². The quantitative estimate of drug-likeness (QED) is 0.136. The van der Waals surface area contributed by atoms with Gasteiger partial charge in [0.1, 0.15) is 0 Å². The van der Waals surface area contributed by atoms with Crippen LogP contribution in [0.2, 0.25) is 0 Å². The molecule has 0 heterocycles. The van der Waals surface area contributed by atoms with E-state index in [-0.39, 0.29) is 0 Å². The van der Waals surface area contributed by atoms with Crippen molar-refractivity contribution in [3.05, 3.63) is 205 Å². The van der Waals surface area contributed by atoms with Gasteiger partial charge < -0.3 is 0 Å². The van der Waals surface area contributed by atoms with E-state index < -0.39 is 15.8 Å². The van der Waals surface area contributed by atoms with E-state index in [4.69, 9.17) is 0 Å². The summed E-state index contributed by atoms with van der Waals surface area (Å²) in [7, 11) is -1.17. The predicted octanol–water partition coefficient (Wildman–Crippen LogP) is 10.9. The van der Waals surface area contributed by atoms with Crippen molar-refractivity contribution < 1.29 is 0 Å². The van der Waals surface area contributed by atoms with Crippen LogP contribution in [0.1, 0.15) is 11.1 Å². The molecule has 0 saturated heterocycles. The first-order valence-corrected chi connectivity index (χ1v) is 19.7. The summed E-state index contributed by atoms with van der Waals surface area (Å²) in [5.41, 5.74) is 5.46. The zero-order valence-corrected chi connectivity index (χ0v) is 28.6. The van der Waals surface area contributed by atoms with Crippen LogP contribution in [0.3, 0.4) is 0 Å². The van der Waals surface area contributed by atoms with Crippen LogP contribution >= 0.6 is 15.8 Å². The zero-order valence-electron chi connectivity index (χ0n) is 26.8. The Balaban J connectivity index is 1.29. The lowest BCUT2D eigenvalue weighted by atomic mass is 9.90. The van der Waals surface area contributed by atoms with Crippen molar-refractivity contribution in [3.63, 3.8) is 0 Å². The fraction of sp³-hybridized carbons (Fsp3) is 0.0435. The lowest BCUT2D eigenvalue weighted by Crippen LogP contribution is -2.13. The molecule has 8 aromatic carbocycles. The number of benzene rings is 8. The highest BCUT2D eigenvalue weighted by molar-refractivity contribution is 7.72. The van der Waals surface area contributed by atoms with Gasteiger partial charge in [0.05, 0.1) is 0 Å². The van der Waals surface area contributed by atoms with Crippen molar-refractivity contribution in [1.82, 2.24) is 0 Å². The third-order valence-corrected chi connectivity index (χ3v) is 14.2. The van der Waals surface area contributed by atoms with Crippen molar-refractivity contribution in [2.45, 2.75) is 12.3 Å². The normalized spacial score (nSPS) is 11.5. The van der Waals surface area contributed by atoms with E-state index in [2.05, 4.69) is 194 Å². The van der Waals surface area contributed by atoms with Crippen LogP contribution in [0, 0.1) is 0 Å². The van der Waals surface area contributed by atoms with Crippen molar-refractivity contribution in [2.75, 3.05) is 0 Å². The molecule has 2 heteroatoms. The number of hydrogen-bond acceptors (Lipinski definition) is 0. The van der Waals surface area contributed by atoms with Gasteiger partial charge in [0.2, 0.25) is 0 Å². The van der Waals surface area contributed by atoms with Crippen molar-refractivity contribution in [3.8, 4) is 11.1 Å². The second-order valence-corrected chi connectivity index (χ2v) is 16.6. The maximum absolute atomic E-state index is 2.36. The van der Waals surface area contributed by atoms with Crippen molar-refractivity contribution in [1.29, 1.82) is 0 Å². The molecule has 0 bridgehead atoms. The maximum atomic E-state index is 2.36. The molecule has 8 aromatic rings. The summed E-state index contributed by atoms with van der Waals surface area (Å²) >= 11 is 0. The van der Waals surface area contributed by atoms with Gasteiger partial charge in [-0.1, -0.05) is 194 Å². The Kier molecular flexibility index (Phi) is 8.95. The molecule has 0 radical (unpaired) electrons. The number of rotatable bonds is 9. The van der Waals surface area contributed by atoms with Gasteiger partial charge >= 0.3 is 0 Å². The van der Waals surface area contributed by atoms with Gasteiger partial charge in [0.25, 0.3) is 0 Å². The van der Waals surface area contributed by atoms with Crippen molar-refractivity contribution in [2.24, 2.45) is 0 Å². The van der Waals surface area contributed by atoms with Gasteiger partial charge in [-0.05, 0) is 80.9 Å². The molecule has 48 heavy (non-hydrogen) atoms. The van der Waals surface area contributed by atoms with Gasteiger partial charge in [0.15, 0.2) is 0 Å². The largest absolute Gasteiger partial charge is 0.0622 e. The third kappa shape index (κ3) is 6.23. The third-order valence-electron chi connectivity index (χ3n) is 9.20. The summed E-state index contributed by atoms with van der Waals surface area (Å²) in [4.78, 5) is 0. The summed E-state index contributed by atoms with van der Waals surface area (Å²) in [5, 5.41) is 11.0. The lowest BCUT2D eigenvalue weighted by molar-refractivity contribution is 1.44. The highest BCUT2D eigenvalue weighted by Gasteiger charge is 2.20. The Hall–Kier alpha value is -4.86. The van der Waals surface area contributed by atoms with E-state index in [1.54, 1.807) is 0 Å². The molecule has 0 aliphatic heterocycles. The summed E-state index contributed by atoms with van der Waals surface area (Å²) in [6, 6.07) is 71.9. The molecule has 0 N–H and O–H groups in total. The van der Waals surface area contributed by atoms with E-state index >= 15 is 0 Å². The average Bonchev–Trinajstić information content (AvgIpc) is 3.17. The van der Waals surface area contributed by atoms with Crippen LogP contribution in [0.25, 0.3) is 32.7 Å². The molecule has 0 saturated carbocycles. The molecule has 0 fully saturated rings. The molecule has 0 amide bonds. The molecule has 0 aliphatic rings. The first-order chi connectivity index (χ1) is 23.8. The number of fused-ring (bicyclic) bond motifs is 2. The molecule has 0 aliphatic carbocycles. The second-order valence-electron chi connectivity index (χ2n) is 12.2. The molecule has 0 atom stereocenters. The summed E-state index contributed by atoms with van der Waals surface area (Å²) < 4.78 is 0. The molecule has 230 valence electrons. The lowest BCUT2D eigenvalue weighted by Gasteiger charge is -2.22. The van der Waals surface area contributed by atoms with Crippen LogP contribution in [0.15, 0.2) is 194 Å². The minimum absolute atomic E-state index is 0.583. The Morgan fingerprint density at radius 1 is 0.271 bits per heavy atom. The van der Waals surface area contributed by atoms with Gasteiger partial charge in [-0.25, -0.2) is 0 Å². The second kappa shape index (κ2) is 14.1. The minimum atomic E-state index is -0.583. The van der Waals surface area contributed by atoms with Crippen LogP contribution < -0.4 is 21.2 Å². The Labute approximate surface area is 286 Å². The fourth-order valence-corrected chi connectivity index (χ4v) is 11.6. The van der Waals surface area contributed by atoms with Gasteiger partial charge in [-0.3, -0.25) is 0 Å². The van der Waals surface area contributed by atoms with Crippen molar-refractivity contribution >= 4 is 58.6 Å². The molecular weight excluding hydrogens is 614 g/mol. The standard InChI is InChI=1S/C46H36P2/c1-5-23-39(24-6-1)47(40-25-7-2-8-26-40)33-37-21-13-17-35-19-15-31-43(45(35)37)44-32-16-20-36-18-14-22-38(46(36)44)34-48(41-27-9-3-10-28-41)42-29-11-4-12-30-42/h1-32H,33-34H2. The summed E-state index contributed by atoms with van der Waals surface area (Å²) in [5.74, 6) is 0. The summed E-state index contributed by atoms with van der Waals surface area (Å²) in [6.07, 6.45) is 1.98. The van der Waals surface area contributed by atoms with Gasteiger partial charge in [0, 0.05) is 12.3 Å². The Morgan fingerprint density at radius 3 is 0.875 bits per heavy atom. The highest BCUT2D eigenvalue weighted by atomic mass is 31.1. The molecule has 8 rings (SSSR count).